The smallest absolute Gasteiger partial charge is 0.105 e. The van der Waals surface area contributed by atoms with Crippen LogP contribution in [0.25, 0.3) is 0 Å². The molecule has 0 N–H and O–H groups in total. The third-order valence-electron chi connectivity index (χ3n) is 1.17. The third-order valence-corrected chi connectivity index (χ3v) is 2.24. The molecule has 0 aliphatic carbocycles. The van der Waals surface area contributed by atoms with Crippen LogP contribution in [0.15, 0.2) is 11.5 Å². The summed E-state index contributed by atoms with van der Waals surface area (Å²) in [4.78, 5) is 1.15. The lowest BCUT2D eigenvalue weighted by Gasteiger charge is -1.99. The number of hydrogen-bond acceptors (Lipinski definition) is 2. The summed E-state index contributed by atoms with van der Waals surface area (Å²) in [6.45, 7) is 7.89. The summed E-state index contributed by atoms with van der Waals surface area (Å²) < 4.78 is 5.34. The summed E-state index contributed by atoms with van der Waals surface area (Å²) in [6.07, 6.45) is 0.259. The summed E-state index contributed by atoms with van der Waals surface area (Å²) >= 11 is 1.71. The summed E-state index contributed by atoms with van der Waals surface area (Å²) in [7, 11) is 0. The lowest BCUT2D eigenvalue weighted by Crippen LogP contribution is -2.02. The van der Waals surface area contributed by atoms with Gasteiger partial charge in [-0.3, -0.25) is 0 Å². The van der Waals surface area contributed by atoms with Gasteiger partial charge in [-0.1, -0.05) is 18.3 Å². The first-order valence-electron chi connectivity index (χ1n) is 2.71. The SMILES string of the molecule is C=C1SC(C)OC1C. The van der Waals surface area contributed by atoms with Crippen LogP contribution in [0.1, 0.15) is 13.8 Å². The van der Waals surface area contributed by atoms with Crippen LogP contribution in [0, 0.1) is 0 Å². The fourth-order valence-electron chi connectivity index (χ4n) is 0.700. The molecular weight excluding hydrogens is 120 g/mol. The Morgan fingerprint density at radius 3 is 2.38 bits per heavy atom. The normalized spacial score (nSPS) is 38.5. The van der Waals surface area contributed by atoms with Crippen molar-refractivity contribution in [3.8, 4) is 0 Å². The minimum Gasteiger partial charge on any atom is -0.359 e. The van der Waals surface area contributed by atoms with Gasteiger partial charge in [0.25, 0.3) is 0 Å². The molecule has 0 amide bonds. The second-order valence-electron chi connectivity index (χ2n) is 1.93. The average Bonchev–Trinajstić information content (AvgIpc) is 1.85. The second-order valence-corrected chi connectivity index (χ2v) is 3.35. The highest BCUT2D eigenvalue weighted by molar-refractivity contribution is 8.03. The Morgan fingerprint density at radius 1 is 1.62 bits per heavy atom. The van der Waals surface area contributed by atoms with Crippen molar-refractivity contribution in [1.82, 2.24) is 0 Å². The molecule has 0 aromatic rings. The third kappa shape index (κ3) is 1.06. The Bertz CT molecular complexity index is 111. The monoisotopic (exact) mass is 130 g/mol. The molecule has 0 bridgehead atoms. The molecule has 1 rings (SSSR count). The van der Waals surface area contributed by atoms with Crippen molar-refractivity contribution in [2.45, 2.75) is 25.4 Å². The minimum atomic E-state index is 0.259. The van der Waals surface area contributed by atoms with E-state index in [1.54, 1.807) is 11.8 Å². The van der Waals surface area contributed by atoms with Crippen LogP contribution in [0.3, 0.4) is 0 Å². The molecule has 1 nitrogen and oxygen atoms in total. The zero-order valence-electron chi connectivity index (χ0n) is 5.18. The van der Waals surface area contributed by atoms with Crippen molar-refractivity contribution in [3.05, 3.63) is 11.5 Å². The minimum absolute atomic E-state index is 0.259. The highest BCUT2D eigenvalue weighted by Crippen LogP contribution is 2.33. The Morgan fingerprint density at radius 2 is 2.25 bits per heavy atom. The summed E-state index contributed by atoms with van der Waals surface area (Å²) in [5.74, 6) is 0. The van der Waals surface area contributed by atoms with E-state index >= 15 is 0 Å². The Labute approximate surface area is 54.1 Å². The summed E-state index contributed by atoms with van der Waals surface area (Å²) in [6, 6.07) is 0. The van der Waals surface area contributed by atoms with Crippen LogP contribution in [0.2, 0.25) is 0 Å². The topological polar surface area (TPSA) is 9.23 Å². The van der Waals surface area contributed by atoms with E-state index in [1.165, 1.54) is 0 Å². The van der Waals surface area contributed by atoms with Gasteiger partial charge in [0.05, 0.1) is 6.10 Å². The van der Waals surface area contributed by atoms with E-state index < -0.39 is 0 Å². The molecule has 0 aromatic heterocycles. The number of ether oxygens (including phenoxy) is 1. The van der Waals surface area contributed by atoms with Crippen molar-refractivity contribution >= 4 is 11.8 Å². The van der Waals surface area contributed by atoms with Crippen LogP contribution in [0.4, 0.5) is 0 Å². The molecule has 46 valence electrons. The first-order valence-corrected chi connectivity index (χ1v) is 3.59. The molecule has 1 aliphatic heterocycles. The molecule has 2 heteroatoms. The van der Waals surface area contributed by atoms with Crippen molar-refractivity contribution in [2.24, 2.45) is 0 Å². The molecule has 8 heavy (non-hydrogen) atoms. The molecule has 0 aromatic carbocycles. The van der Waals surface area contributed by atoms with Gasteiger partial charge in [0.2, 0.25) is 0 Å². The van der Waals surface area contributed by atoms with E-state index in [4.69, 9.17) is 4.74 Å². The maximum Gasteiger partial charge on any atom is 0.105 e. The van der Waals surface area contributed by atoms with Gasteiger partial charge in [0, 0.05) is 4.91 Å². The van der Waals surface area contributed by atoms with E-state index in [0.717, 1.165) is 4.91 Å². The predicted molar refractivity (Wildman–Crippen MR) is 36.7 cm³/mol. The zero-order chi connectivity index (χ0) is 6.15. The van der Waals surface area contributed by atoms with Crippen molar-refractivity contribution in [1.29, 1.82) is 0 Å². The molecule has 2 atom stereocenters. The molecule has 2 unspecified atom stereocenters. The molecule has 1 saturated heterocycles. The lowest BCUT2D eigenvalue weighted by molar-refractivity contribution is 0.0989. The number of thioether (sulfide) groups is 1. The highest BCUT2D eigenvalue weighted by atomic mass is 32.2. The summed E-state index contributed by atoms with van der Waals surface area (Å²) in [5.41, 5.74) is 0.317. The van der Waals surface area contributed by atoms with Crippen LogP contribution in [-0.4, -0.2) is 11.5 Å². The lowest BCUT2D eigenvalue weighted by atomic mass is 10.4. The fourth-order valence-corrected chi connectivity index (χ4v) is 1.60. The van der Waals surface area contributed by atoms with Gasteiger partial charge in [0.1, 0.15) is 5.44 Å². The molecule has 1 heterocycles. The van der Waals surface area contributed by atoms with Crippen LogP contribution < -0.4 is 0 Å². The van der Waals surface area contributed by atoms with Gasteiger partial charge in [-0.05, 0) is 13.8 Å². The Hall–Kier alpha value is 0.0500. The van der Waals surface area contributed by atoms with Gasteiger partial charge < -0.3 is 4.74 Å². The maximum atomic E-state index is 5.34. The number of rotatable bonds is 0. The van der Waals surface area contributed by atoms with Crippen LogP contribution in [0.5, 0.6) is 0 Å². The fraction of sp³-hybridized carbons (Fsp3) is 0.667. The van der Waals surface area contributed by atoms with Gasteiger partial charge in [-0.15, -0.1) is 0 Å². The molecule has 0 radical (unpaired) electrons. The highest BCUT2D eigenvalue weighted by Gasteiger charge is 2.21. The second kappa shape index (κ2) is 2.11. The standard InChI is InChI=1S/C6H10OS/c1-4-5(2)8-6(3)7-4/h4,6H,2H2,1,3H3. The van der Waals surface area contributed by atoms with E-state index in [1.807, 2.05) is 13.8 Å². The molecule has 1 aliphatic rings. The largest absolute Gasteiger partial charge is 0.359 e. The van der Waals surface area contributed by atoms with E-state index in [2.05, 4.69) is 6.58 Å². The van der Waals surface area contributed by atoms with Gasteiger partial charge in [-0.2, -0.15) is 0 Å². The van der Waals surface area contributed by atoms with E-state index in [-0.39, 0.29) is 6.10 Å². The van der Waals surface area contributed by atoms with E-state index in [0.29, 0.717) is 5.44 Å². The van der Waals surface area contributed by atoms with Crippen molar-refractivity contribution in [2.75, 3.05) is 0 Å². The zero-order valence-corrected chi connectivity index (χ0v) is 5.99. The molecule has 0 saturated carbocycles. The van der Waals surface area contributed by atoms with Gasteiger partial charge in [0.15, 0.2) is 0 Å². The Balaban J connectivity index is 2.51. The quantitative estimate of drug-likeness (QED) is 0.496. The van der Waals surface area contributed by atoms with E-state index in [9.17, 15) is 0 Å². The van der Waals surface area contributed by atoms with Crippen molar-refractivity contribution in [3.63, 3.8) is 0 Å². The van der Waals surface area contributed by atoms with Gasteiger partial charge >= 0.3 is 0 Å². The molecule has 0 spiro atoms. The Kier molecular flexibility index (Phi) is 1.63. The first kappa shape index (κ1) is 6.17. The summed E-state index contributed by atoms with van der Waals surface area (Å²) in [5, 5.41) is 0. The molecular formula is C6H10OS. The molecule has 1 fully saturated rings. The van der Waals surface area contributed by atoms with Crippen LogP contribution >= 0.6 is 11.8 Å². The average molecular weight is 130 g/mol. The number of hydrogen-bond donors (Lipinski definition) is 0. The van der Waals surface area contributed by atoms with Crippen LogP contribution in [-0.2, 0) is 4.74 Å². The van der Waals surface area contributed by atoms with Crippen molar-refractivity contribution < 1.29 is 4.74 Å². The predicted octanol–water partition coefficient (Wildman–Crippen LogP) is 2.00. The first-order chi connectivity index (χ1) is 3.70. The van der Waals surface area contributed by atoms with Gasteiger partial charge in [-0.25, -0.2) is 0 Å². The maximum absolute atomic E-state index is 5.34.